The summed E-state index contributed by atoms with van der Waals surface area (Å²) in [5, 5.41) is 3.83. The van der Waals surface area contributed by atoms with Crippen molar-refractivity contribution in [1.82, 2.24) is 0 Å². The first-order chi connectivity index (χ1) is 16.4. The van der Waals surface area contributed by atoms with Gasteiger partial charge in [0, 0.05) is 15.4 Å². The number of benzene rings is 3. The number of carbonyl (C=O) groups is 1. The van der Waals surface area contributed by atoms with Gasteiger partial charge in [-0.15, -0.1) is 0 Å². The van der Waals surface area contributed by atoms with Crippen molar-refractivity contribution in [1.29, 1.82) is 0 Å². The molecule has 0 atom stereocenters. The molecule has 0 N–H and O–H groups in total. The number of aryl methyl sites for hydroxylation is 1. The lowest BCUT2D eigenvalue weighted by Gasteiger charge is -2.08. The van der Waals surface area contributed by atoms with E-state index in [1.807, 2.05) is 49.4 Å². The van der Waals surface area contributed by atoms with Crippen molar-refractivity contribution in [2.75, 3.05) is 0 Å². The molecule has 0 fully saturated rings. The zero-order valence-corrected chi connectivity index (χ0v) is 21.1. The van der Waals surface area contributed by atoms with E-state index in [9.17, 15) is 13.2 Å². The van der Waals surface area contributed by atoms with Crippen LogP contribution in [0.5, 0.6) is 0 Å². The van der Waals surface area contributed by atoms with Crippen molar-refractivity contribution in [3.05, 3.63) is 90.0 Å². The Hall–Kier alpha value is -2.90. The number of rotatable bonds is 12. The van der Waals surface area contributed by atoms with E-state index in [1.165, 1.54) is 12.1 Å². The van der Waals surface area contributed by atoms with Crippen LogP contribution in [-0.4, -0.2) is 19.9 Å². The third-order valence-electron chi connectivity index (χ3n) is 5.18. The molecule has 0 aliphatic carbocycles. The topological polar surface area (TPSA) is 72.8 Å². The van der Waals surface area contributed by atoms with Crippen LogP contribution in [0, 0.1) is 6.92 Å². The third kappa shape index (κ3) is 7.57. The van der Waals surface area contributed by atoms with E-state index < -0.39 is 10.1 Å². The normalized spacial score (nSPS) is 11.9. The van der Waals surface area contributed by atoms with Gasteiger partial charge in [-0.3, -0.25) is 9.08 Å². The number of hydrogen-bond acceptors (Lipinski definition) is 6. The highest BCUT2D eigenvalue weighted by Gasteiger charge is 2.20. The summed E-state index contributed by atoms with van der Waals surface area (Å²) in [4.78, 5) is 15.3. The molecule has 0 aromatic heterocycles. The molecule has 3 aromatic rings. The van der Waals surface area contributed by atoms with E-state index in [-0.39, 0.29) is 16.4 Å². The molecule has 0 unspecified atom stereocenters. The predicted molar refractivity (Wildman–Crippen MR) is 137 cm³/mol. The molecule has 0 radical (unpaired) electrons. The Balaban J connectivity index is 1.77. The van der Waals surface area contributed by atoms with Crippen LogP contribution in [0.2, 0.25) is 0 Å². The van der Waals surface area contributed by atoms with E-state index in [0.717, 1.165) is 41.0 Å². The van der Waals surface area contributed by atoms with Gasteiger partial charge < -0.3 is 0 Å². The van der Waals surface area contributed by atoms with Crippen molar-refractivity contribution < 1.29 is 17.5 Å². The number of unbranched alkanes of at least 4 members (excludes halogenated alkanes) is 3. The summed E-state index contributed by atoms with van der Waals surface area (Å²) in [6.07, 6.45) is 4.10. The molecule has 0 amide bonds. The summed E-state index contributed by atoms with van der Waals surface area (Å²) in [5.74, 6) is -0.327. The van der Waals surface area contributed by atoms with Crippen LogP contribution in [-0.2, 0) is 14.4 Å². The van der Waals surface area contributed by atoms with Crippen LogP contribution in [0.1, 0.15) is 54.9 Å². The Morgan fingerprint density at radius 3 is 2.15 bits per heavy atom. The fourth-order valence-corrected chi connectivity index (χ4v) is 4.81. The number of hydrogen-bond donors (Lipinski definition) is 0. The number of Topliss-reactive ketones (excluding diaryl/α,β-unsaturated/α-hetero) is 1. The molecular weight excluding hydrogens is 466 g/mol. The molecule has 34 heavy (non-hydrogen) atoms. The average molecular weight is 496 g/mol. The van der Waals surface area contributed by atoms with Gasteiger partial charge in [0.25, 0.3) is 0 Å². The van der Waals surface area contributed by atoms with Crippen molar-refractivity contribution in [2.24, 2.45) is 5.16 Å². The van der Waals surface area contributed by atoms with E-state index in [0.29, 0.717) is 12.0 Å². The Morgan fingerprint density at radius 1 is 0.853 bits per heavy atom. The molecule has 3 aromatic carbocycles. The number of oxime groups is 1. The lowest BCUT2D eigenvalue weighted by Crippen LogP contribution is -2.16. The molecule has 0 saturated carbocycles. The zero-order chi connectivity index (χ0) is 24.4. The standard InChI is InChI=1S/C27H29NO4S2/c1-3-4-5-9-12-26(28-32-34(30,31)25-19-13-21(2)14-20-25)27(29)22-15-17-24(18-16-22)33-23-10-7-6-8-11-23/h6-8,10-11,13-20H,3-5,9,12H2,1-2H3/b28-26+. The maximum absolute atomic E-state index is 13.2. The van der Waals surface area contributed by atoms with Gasteiger partial charge in [0.15, 0.2) is 0 Å². The van der Waals surface area contributed by atoms with Gasteiger partial charge in [0.2, 0.25) is 5.78 Å². The second kappa shape index (κ2) is 12.5. The quantitative estimate of drug-likeness (QED) is 0.116. The molecule has 0 spiro atoms. The van der Waals surface area contributed by atoms with Crippen LogP contribution in [0.4, 0.5) is 0 Å². The third-order valence-corrected chi connectivity index (χ3v) is 7.32. The highest BCUT2D eigenvalue weighted by atomic mass is 32.2. The Morgan fingerprint density at radius 2 is 1.50 bits per heavy atom. The van der Waals surface area contributed by atoms with Crippen molar-refractivity contribution >= 4 is 33.4 Å². The van der Waals surface area contributed by atoms with Gasteiger partial charge in [-0.2, -0.15) is 8.42 Å². The fraction of sp³-hybridized carbons (Fsp3) is 0.259. The van der Waals surface area contributed by atoms with Gasteiger partial charge in [0.05, 0.1) is 0 Å². The van der Waals surface area contributed by atoms with Crippen LogP contribution in [0.15, 0.2) is 98.7 Å². The first kappa shape index (κ1) is 25.7. The summed E-state index contributed by atoms with van der Waals surface area (Å²) >= 11 is 1.60. The van der Waals surface area contributed by atoms with Crippen LogP contribution >= 0.6 is 11.8 Å². The van der Waals surface area contributed by atoms with Gasteiger partial charge in [0.1, 0.15) is 10.6 Å². The number of nitrogens with zero attached hydrogens (tertiary/aromatic N) is 1. The molecule has 7 heteroatoms. The monoisotopic (exact) mass is 495 g/mol. The largest absolute Gasteiger partial charge is 0.358 e. The molecular formula is C27H29NO4S2. The Kier molecular flexibility index (Phi) is 9.48. The Labute approximate surface area is 206 Å². The van der Waals surface area contributed by atoms with Crippen LogP contribution < -0.4 is 0 Å². The molecule has 0 saturated heterocycles. The lowest BCUT2D eigenvalue weighted by atomic mass is 10.0. The maximum atomic E-state index is 13.2. The van der Waals surface area contributed by atoms with E-state index in [1.54, 1.807) is 36.0 Å². The highest BCUT2D eigenvalue weighted by molar-refractivity contribution is 7.99. The molecule has 0 bridgehead atoms. The van der Waals surface area contributed by atoms with Crippen LogP contribution in [0.3, 0.4) is 0 Å². The lowest BCUT2D eigenvalue weighted by molar-refractivity contribution is 0.106. The zero-order valence-electron chi connectivity index (χ0n) is 19.4. The predicted octanol–water partition coefficient (Wildman–Crippen LogP) is 7.06. The van der Waals surface area contributed by atoms with E-state index in [4.69, 9.17) is 4.28 Å². The summed E-state index contributed by atoms with van der Waals surface area (Å²) in [6.45, 7) is 3.97. The molecule has 0 heterocycles. The van der Waals surface area contributed by atoms with Crippen LogP contribution in [0.25, 0.3) is 0 Å². The SMILES string of the molecule is CCCCCC/C(=N\OS(=O)(=O)c1ccc(C)cc1)C(=O)c1ccc(Sc2ccccc2)cc1. The first-order valence-corrected chi connectivity index (χ1v) is 13.6. The second-order valence-electron chi connectivity index (χ2n) is 7.96. The maximum Gasteiger partial charge on any atom is 0.358 e. The smallest absolute Gasteiger partial charge is 0.287 e. The molecule has 0 aliphatic heterocycles. The number of ketones is 1. The minimum Gasteiger partial charge on any atom is -0.287 e. The van der Waals surface area contributed by atoms with Crippen molar-refractivity contribution in [3.63, 3.8) is 0 Å². The minimum atomic E-state index is -4.11. The summed E-state index contributed by atoms with van der Waals surface area (Å²) in [7, 11) is -4.11. The van der Waals surface area contributed by atoms with Crippen molar-refractivity contribution in [3.8, 4) is 0 Å². The minimum absolute atomic E-state index is 0.00178. The summed E-state index contributed by atoms with van der Waals surface area (Å²) in [5.41, 5.74) is 1.49. The number of carbonyl (C=O) groups excluding carboxylic acids is 1. The molecule has 0 aliphatic rings. The molecule has 3 rings (SSSR count). The van der Waals surface area contributed by atoms with E-state index in [2.05, 4.69) is 12.1 Å². The molecule has 5 nitrogen and oxygen atoms in total. The average Bonchev–Trinajstić information content (AvgIpc) is 2.84. The first-order valence-electron chi connectivity index (χ1n) is 11.3. The van der Waals surface area contributed by atoms with Gasteiger partial charge in [-0.25, -0.2) is 0 Å². The summed E-state index contributed by atoms with van der Waals surface area (Å²) in [6, 6.07) is 23.5. The van der Waals surface area contributed by atoms with E-state index >= 15 is 0 Å². The summed E-state index contributed by atoms with van der Waals surface area (Å²) < 4.78 is 30.1. The van der Waals surface area contributed by atoms with Gasteiger partial charge >= 0.3 is 10.1 Å². The second-order valence-corrected chi connectivity index (χ2v) is 10.6. The molecule has 178 valence electrons. The Bertz CT molecular complexity index is 1200. The van der Waals surface area contributed by atoms with Gasteiger partial charge in [-0.1, -0.05) is 79.0 Å². The highest BCUT2D eigenvalue weighted by Crippen LogP contribution is 2.27. The fourth-order valence-electron chi connectivity index (χ4n) is 3.23. The van der Waals surface area contributed by atoms with Gasteiger partial charge in [-0.05, 0) is 68.3 Å². The van der Waals surface area contributed by atoms with Crippen molar-refractivity contribution in [2.45, 2.75) is 60.6 Å².